The highest BCUT2D eigenvalue weighted by molar-refractivity contribution is 9.10. The van der Waals surface area contributed by atoms with Crippen molar-refractivity contribution >= 4 is 34.2 Å². The first kappa shape index (κ1) is 19.7. The van der Waals surface area contributed by atoms with Gasteiger partial charge in [-0.15, -0.1) is 12.4 Å². The van der Waals surface area contributed by atoms with E-state index in [4.69, 9.17) is 9.47 Å². The summed E-state index contributed by atoms with van der Waals surface area (Å²) in [5, 5.41) is 6.29. The lowest BCUT2D eigenvalue weighted by atomic mass is 9.74. The Bertz CT molecular complexity index is 529. The van der Waals surface area contributed by atoms with Gasteiger partial charge in [0, 0.05) is 42.7 Å². The summed E-state index contributed by atoms with van der Waals surface area (Å²) in [6.07, 6.45) is 1.45. The maximum atomic E-state index is 12.4. The molecule has 2 aliphatic heterocycles. The topological polar surface area (TPSA) is 59.6 Å². The van der Waals surface area contributed by atoms with Crippen LogP contribution in [0.5, 0.6) is 0 Å². The van der Waals surface area contributed by atoms with E-state index in [1.165, 1.54) is 5.56 Å². The maximum Gasteiger partial charge on any atom is 0.250 e. The number of carbonyl (C=O) groups excluding carboxylic acids is 1. The first-order chi connectivity index (χ1) is 11.2. The SMILES string of the molecule is Cl.O=C(NCC1(c2ccc(Br)cc2)CCOCC1)C1CNCCO1. The third-order valence-corrected chi connectivity index (χ3v) is 5.26. The van der Waals surface area contributed by atoms with Crippen LogP contribution in [0.1, 0.15) is 18.4 Å². The van der Waals surface area contributed by atoms with Crippen LogP contribution in [0.2, 0.25) is 0 Å². The zero-order valence-electron chi connectivity index (χ0n) is 13.6. The minimum absolute atomic E-state index is 0. The molecule has 0 aliphatic carbocycles. The number of ether oxygens (including phenoxy) is 2. The average molecular weight is 420 g/mol. The first-order valence-electron chi connectivity index (χ1n) is 8.13. The van der Waals surface area contributed by atoms with Gasteiger partial charge in [0.1, 0.15) is 6.10 Å². The molecule has 134 valence electrons. The van der Waals surface area contributed by atoms with Gasteiger partial charge in [0.15, 0.2) is 0 Å². The molecular formula is C17H24BrClN2O3. The number of benzene rings is 1. The van der Waals surface area contributed by atoms with Crippen molar-refractivity contribution in [3.8, 4) is 0 Å². The molecule has 24 heavy (non-hydrogen) atoms. The molecule has 1 unspecified atom stereocenters. The van der Waals surface area contributed by atoms with E-state index in [0.717, 1.165) is 37.1 Å². The molecule has 3 rings (SSSR count). The van der Waals surface area contributed by atoms with Gasteiger partial charge < -0.3 is 20.1 Å². The molecule has 1 aromatic carbocycles. The molecule has 2 aliphatic rings. The molecular weight excluding hydrogens is 396 g/mol. The van der Waals surface area contributed by atoms with Gasteiger partial charge in [-0.1, -0.05) is 28.1 Å². The molecule has 5 nitrogen and oxygen atoms in total. The lowest BCUT2D eigenvalue weighted by molar-refractivity contribution is -0.134. The Kier molecular flexibility index (Phi) is 7.50. The average Bonchev–Trinajstić information content (AvgIpc) is 2.62. The van der Waals surface area contributed by atoms with E-state index in [0.29, 0.717) is 19.7 Å². The molecule has 2 fully saturated rings. The Morgan fingerprint density at radius 1 is 1.25 bits per heavy atom. The summed E-state index contributed by atoms with van der Waals surface area (Å²) < 4.78 is 12.1. The van der Waals surface area contributed by atoms with Crippen molar-refractivity contribution in [3.63, 3.8) is 0 Å². The van der Waals surface area contributed by atoms with Gasteiger partial charge in [-0.2, -0.15) is 0 Å². The molecule has 2 heterocycles. The van der Waals surface area contributed by atoms with E-state index in [9.17, 15) is 4.79 Å². The third-order valence-electron chi connectivity index (χ3n) is 4.73. The van der Waals surface area contributed by atoms with Crippen LogP contribution in [-0.4, -0.2) is 51.5 Å². The van der Waals surface area contributed by atoms with Gasteiger partial charge in [0.25, 0.3) is 0 Å². The molecule has 0 saturated carbocycles. The van der Waals surface area contributed by atoms with Crippen LogP contribution in [0.25, 0.3) is 0 Å². The molecule has 2 N–H and O–H groups in total. The highest BCUT2D eigenvalue weighted by Crippen LogP contribution is 2.35. The second kappa shape index (κ2) is 9.15. The summed E-state index contributed by atoms with van der Waals surface area (Å²) in [6.45, 7) is 4.06. The molecule has 1 aromatic rings. The second-order valence-corrected chi connectivity index (χ2v) is 7.10. The Hall–Kier alpha value is -0.660. The van der Waals surface area contributed by atoms with Crippen molar-refractivity contribution < 1.29 is 14.3 Å². The Morgan fingerprint density at radius 2 is 1.96 bits per heavy atom. The lowest BCUT2D eigenvalue weighted by Crippen LogP contribution is -2.51. The van der Waals surface area contributed by atoms with Gasteiger partial charge in [0.2, 0.25) is 5.91 Å². The van der Waals surface area contributed by atoms with Crippen LogP contribution < -0.4 is 10.6 Å². The standard InChI is InChI=1S/C17H23BrN2O3.ClH/c18-14-3-1-13(2-4-14)17(5-8-22-9-6-17)12-20-16(21)15-11-19-7-10-23-15;/h1-4,15,19H,5-12H2,(H,20,21);1H. The summed E-state index contributed by atoms with van der Waals surface area (Å²) in [5.74, 6) is -0.0276. The number of nitrogens with one attached hydrogen (secondary N) is 2. The smallest absolute Gasteiger partial charge is 0.250 e. The number of halogens is 2. The van der Waals surface area contributed by atoms with Crippen LogP contribution in [-0.2, 0) is 19.7 Å². The minimum Gasteiger partial charge on any atom is -0.381 e. The van der Waals surface area contributed by atoms with E-state index in [2.05, 4.69) is 50.8 Å². The number of hydrogen-bond donors (Lipinski definition) is 2. The van der Waals surface area contributed by atoms with Crippen molar-refractivity contribution in [2.45, 2.75) is 24.4 Å². The van der Waals surface area contributed by atoms with Crippen molar-refractivity contribution in [2.24, 2.45) is 0 Å². The number of amides is 1. The predicted molar refractivity (Wildman–Crippen MR) is 98.7 cm³/mol. The van der Waals surface area contributed by atoms with Crippen LogP contribution in [0.15, 0.2) is 28.7 Å². The highest BCUT2D eigenvalue weighted by Gasteiger charge is 2.35. The van der Waals surface area contributed by atoms with Gasteiger partial charge in [-0.05, 0) is 30.5 Å². The summed E-state index contributed by atoms with van der Waals surface area (Å²) >= 11 is 3.48. The summed E-state index contributed by atoms with van der Waals surface area (Å²) in [7, 11) is 0. The van der Waals surface area contributed by atoms with E-state index in [1.54, 1.807) is 0 Å². The van der Waals surface area contributed by atoms with Crippen molar-refractivity contribution in [1.29, 1.82) is 0 Å². The summed E-state index contributed by atoms with van der Waals surface area (Å²) in [4.78, 5) is 12.4. The van der Waals surface area contributed by atoms with Gasteiger partial charge in [-0.3, -0.25) is 4.79 Å². The van der Waals surface area contributed by atoms with E-state index >= 15 is 0 Å². The normalized spacial score (nSPS) is 23.1. The molecule has 1 atom stereocenters. The van der Waals surface area contributed by atoms with Crippen LogP contribution in [0.3, 0.4) is 0 Å². The molecule has 0 aromatic heterocycles. The largest absolute Gasteiger partial charge is 0.381 e. The molecule has 7 heteroatoms. The van der Waals surface area contributed by atoms with Crippen molar-refractivity contribution in [3.05, 3.63) is 34.3 Å². The number of carbonyl (C=O) groups is 1. The highest BCUT2D eigenvalue weighted by atomic mass is 79.9. The Balaban J connectivity index is 0.00000208. The molecule has 0 bridgehead atoms. The Morgan fingerprint density at radius 3 is 2.58 bits per heavy atom. The zero-order valence-corrected chi connectivity index (χ0v) is 16.0. The molecule has 1 amide bonds. The quantitative estimate of drug-likeness (QED) is 0.784. The van der Waals surface area contributed by atoms with Gasteiger partial charge in [0.05, 0.1) is 6.61 Å². The van der Waals surface area contributed by atoms with E-state index < -0.39 is 0 Å². The number of rotatable bonds is 4. The van der Waals surface area contributed by atoms with E-state index in [1.807, 2.05) is 0 Å². The lowest BCUT2D eigenvalue weighted by Gasteiger charge is -2.38. The Labute approximate surface area is 157 Å². The van der Waals surface area contributed by atoms with Crippen molar-refractivity contribution in [1.82, 2.24) is 10.6 Å². The fourth-order valence-corrected chi connectivity index (χ4v) is 3.50. The fourth-order valence-electron chi connectivity index (χ4n) is 3.24. The zero-order chi connectivity index (χ0) is 16.1. The molecule has 0 spiro atoms. The van der Waals surface area contributed by atoms with Gasteiger partial charge in [-0.25, -0.2) is 0 Å². The maximum absolute atomic E-state index is 12.4. The third kappa shape index (κ3) is 4.70. The van der Waals surface area contributed by atoms with Gasteiger partial charge >= 0.3 is 0 Å². The van der Waals surface area contributed by atoms with Crippen LogP contribution in [0, 0.1) is 0 Å². The first-order valence-corrected chi connectivity index (χ1v) is 8.93. The van der Waals surface area contributed by atoms with Crippen LogP contribution >= 0.6 is 28.3 Å². The number of morpholine rings is 1. The predicted octanol–water partition coefficient (Wildman–Crippen LogP) is 2.02. The molecule has 2 saturated heterocycles. The second-order valence-electron chi connectivity index (χ2n) is 6.18. The monoisotopic (exact) mass is 418 g/mol. The summed E-state index contributed by atoms with van der Waals surface area (Å²) in [6, 6.07) is 8.39. The van der Waals surface area contributed by atoms with Crippen LogP contribution in [0.4, 0.5) is 0 Å². The number of hydrogen-bond acceptors (Lipinski definition) is 4. The summed E-state index contributed by atoms with van der Waals surface area (Å²) in [5.41, 5.74) is 1.20. The van der Waals surface area contributed by atoms with E-state index in [-0.39, 0.29) is 29.8 Å². The fraction of sp³-hybridized carbons (Fsp3) is 0.588. The van der Waals surface area contributed by atoms with Crippen molar-refractivity contribution in [2.75, 3.05) is 39.5 Å². The molecule has 0 radical (unpaired) electrons. The minimum atomic E-state index is -0.384.